The van der Waals surface area contributed by atoms with E-state index in [0.717, 1.165) is 36.4 Å². The molecule has 0 radical (unpaired) electrons. The molecule has 3 rings (SSSR count). The molecule has 0 amide bonds. The van der Waals surface area contributed by atoms with Crippen LogP contribution in [0.4, 0.5) is 5.69 Å². The maximum Gasteiger partial charge on any atom is 0.122 e. The summed E-state index contributed by atoms with van der Waals surface area (Å²) in [6.45, 7) is 0.833. The van der Waals surface area contributed by atoms with Crippen molar-refractivity contribution in [1.82, 2.24) is 0 Å². The van der Waals surface area contributed by atoms with Gasteiger partial charge in [-0.2, -0.15) is 0 Å². The molecule has 86 valence electrons. The molecule has 0 bridgehead atoms. The molecule has 0 unspecified atom stereocenters. The fourth-order valence-electron chi connectivity index (χ4n) is 2.29. The lowest BCUT2D eigenvalue weighted by Gasteiger charge is -2.18. The highest BCUT2D eigenvalue weighted by atomic mass is 16.5. The van der Waals surface area contributed by atoms with Gasteiger partial charge in [-0.3, -0.25) is 0 Å². The molecule has 1 aliphatic rings. The molecule has 2 aromatic carbocycles. The summed E-state index contributed by atoms with van der Waals surface area (Å²) < 4.78 is 5.61. The molecule has 1 aliphatic heterocycles. The van der Waals surface area contributed by atoms with E-state index in [1.807, 2.05) is 18.2 Å². The highest BCUT2D eigenvalue weighted by molar-refractivity contribution is 5.77. The maximum atomic E-state index is 6.00. The molecular weight excluding hydrogens is 210 g/mol. The third-order valence-electron chi connectivity index (χ3n) is 3.18. The highest BCUT2D eigenvalue weighted by Gasteiger charge is 2.11. The van der Waals surface area contributed by atoms with Gasteiger partial charge in [-0.1, -0.05) is 24.3 Å². The third-order valence-corrected chi connectivity index (χ3v) is 3.18. The maximum absolute atomic E-state index is 6.00. The van der Waals surface area contributed by atoms with Gasteiger partial charge in [-0.15, -0.1) is 0 Å². The molecule has 0 saturated heterocycles. The number of fused-ring (bicyclic) bond motifs is 1. The minimum atomic E-state index is 0.823. The summed E-state index contributed by atoms with van der Waals surface area (Å²) in [6.07, 6.45) is 2.19. The number of anilines is 1. The van der Waals surface area contributed by atoms with E-state index in [1.165, 1.54) is 11.1 Å². The summed E-state index contributed by atoms with van der Waals surface area (Å²) >= 11 is 0. The number of benzene rings is 2. The molecule has 2 N–H and O–H groups in total. The Bertz CT molecular complexity index is 548. The van der Waals surface area contributed by atoms with Crippen molar-refractivity contribution in [3.8, 4) is 16.9 Å². The first-order valence-corrected chi connectivity index (χ1v) is 5.95. The number of nitrogen functional groups attached to an aromatic ring is 1. The van der Waals surface area contributed by atoms with Gasteiger partial charge in [-0.05, 0) is 42.2 Å². The van der Waals surface area contributed by atoms with Crippen LogP contribution >= 0.6 is 0 Å². The first kappa shape index (κ1) is 10.2. The van der Waals surface area contributed by atoms with E-state index in [2.05, 4.69) is 24.3 Å². The lowest BCUT2D eigenvalue weighted by Crippen LogP contribution is -2.08. The summed E-state index contributed by atoms with van der Waals surface area (Å²) in [5, 5.41) is 0. The smallest absolute Gasteiger partial charge is 0.122 e. The quantitative estimate of drug-likeness (QED) is 0.756. The minimum absolute atomic E-state index is 0.823. The van der Waals surface area contributed by atoms with Crippen LogP contribution in [0, 0.1) is 0 Å². The third kappa shape index (κ3) is 1.86. The Labute approximate surface area is 101 Å². The molecule has 0 saturated carbocycles. The van der Waals surface area contributed by atoms with Gasteiger partial charge < -0.3 is 10.5 Å². The predicted octanol–water partition coefficient (Wildman–Crippen LogP) is 3.26. The van der Waals surface area contributed by atoms with Crippen molar-refractivity contribution in [2.75, 3.05) is 12.3 Å². The topological polar surface area (TPSA) is 35.2 Å². The van der Waals surface area contributed by atoms with E-state index in [1.54, 1.807) is 0 Å². The molecule has 2 nitrogen and oxygen atoms in total. The fraction of sp³-hybridized carbons (Fsp3) is 0.200. The van der Waals surface area contributed by atoms with Crippen molar-refractivity contribution >= 4 is 5.69 Å². The van der Waals surface area contributed by atoms with E-state index in [-0.39, 0.29) is 0 Å². The van der Waals surface area contributed by atoms with Crippen molar-refractivity contribution < 1.29 is 4.74 Å². The van der Waals surface area contributed by atoms with E-state index in [0.29, 0.717) is 0 Å². The zero-order valence-corrected chi connectivity index (χ0v) is 9.65. The van der Waals surface area contributed by atoms with Crippen molar-refractivity contribution in [3.63, 3.8) is 0 Å². The van der Waals surface area contributed by atoms with Gasteiger partial charge >= 0.3 is 0 Å². The van der Waals surface area contributed by atoms with Crippen LogP contribution in [0.1, 0.15) is 12.0 Å². The molecule has 1 heterocycles. The molecule has 0 aliphatic carbocycles. The molecule has 17 heavy (non-hydrogen) atoms. The largest absolute Gasteiger partial charge is 0.493 e. The summed E-state index contributed by atoms with van der Waals surface area (Å²) in [4.78, 5) is 0. The highest BCUT2D eigenvalue weighted by Crippen LogP contribution is 2.32. The van der Waals surface area contributed by atoms with Crippen molar-refractivity contribution in [3.05, 3.63) is 48.0 Å². The van der Waals surface area contributed by atoms with Crippen molar-refractivity contribution in [2.24, 2.45) is 0 Å². The van der Waals surface area contributed by atoms with Crippen LogP contribution in [0.3, 0.4) is 0 Å². The van der Waals surface area contributed by atoms with E-state index >= 15 is 0 Å². The standard InChI is InChI=1S/C15H15NO/c16-14-6-2-1-5-13(14)11-7-8-15-12(10-11)4-3-9-17-15/h1-2,5-8,10H,3-4,9,16H2. The zero-order chi connectivity index (χ0) is 11.7. The predicted molar refractivity (Wildman–Crippen MR) is 70.1 cm³/mol. The Kier molecular flexibility index (Phi) is 2.48. The van der Waals surface area contributed by atoms with Gasteiger partial charge in [0.15, 0.2) is 0 Å². The SMILES string of the molecule is Nc1ccccc1-c1ccc2c(c1)CCCO2. The van der Waals surface area contributed by atoms with Crippen LogP contribution in [0.25, 0.3) is 11.1 Å². The van der Waals surface area contributed by atoms with E-state index in [4.69, 9.17) is 10.5 Å². The van der Waals surface area contributed by atoms with Crippen LogP contribution in [0.2, 0.25) is 0 Å². The van der Waals surface area contributed by atoms with Gasteiger partial charge in [0.1, 0.15) is 5.75 Å². The molecule has 2 aromatic rings. The Morgan fingerprint density at radius 2 is 1.94 bits per heavy atom. The van der Waals surface area contributed by atoms with Crippen LogP contribution in [0.15, 0.2) is 42.5 Å². The van der Waals surface area contributed by atoms with Gasteiger partial charge in [0.2, 0.25) is 0 Å². The monoisotopic (exact) mass is 225 g/mol. The van der Waals surface area contributed by atoms with Crippen LogP contribution in [0.5, 0.6) is 5.75 Å². The lowest BCUT2D eigenvalue weighted by atomic mass is 9.98. The summed E-state index contributed by atoms with van der Waals surface area (Å²) in [6, 6.07) is 14.3. The summed E-state index contributed by atoms with van der Waals surface area (Å²) in [7, 11) is 0. The molecule has 0 atom stereocenters. The van der Waals surface area contributed by atoms with Gasteiger partial charge in [-0.25, -0.2) is 0 Å². The number of hydrogen-bond acceptors (Lipinski definition) is 2. The average Bonchev–Trinajstić information content (AvgIpc) is 2.39. The number of hydrogen-bond donors (Lipinski definition) is 1. The van der Waals surface area contributed by atoms with Crippen LogP contribution in [-0.4, -0.2) is 6.61 Å². The average molecular weight is 225 g/mol. The lowest BCUT2D eigenvalue weighted by molar-refractivity contribution is 0.288. The van der Waals surface area contributed by atoms with E-state index in [9.17, 15) is 0 Å². The Morgan fingerprint density at radius 1 is 1.06 bits per heavy atom. The number of nitrogens with two attached hydrogens (primary N) is 1. The van der Waals surface area contributed by atoms with Gasteiger partial charge in [0.25, 0.3) is 0 Å². The molecule has 0 fully saturated rings. The number of rotatable bonds is 1. The zero-order valence-electron chi connectivity index (χ0n) is 9.65. The fourth-order valence-corrected chi connectivity index (χ4v) is 2.29. The first-order chi connectivity index (χ1) is 8.34. The number of aryl methyl sites for hydroxylation is 1. The summed E-state index contributed by atoms with van der Waals surface area (Å²) in [5.41, 5.74) is 10.4. The normalized spacial score (nSPS) is 13.9. The second-order valence-corrected chi connectivity index (χ2v) is 4.36. The number of ether oxygens (including phenoxy) is 1. The molecule has 2 heteroatoms. The van der Waals surface area contributed by atoms with Crippen LogP contribution < -0.4 is 10.5 Å². The van der Waals surface area contributed by atoms with E-state index < -0.39 is 0 Å². The first-order valence-electron chi connectivity index (χ1n) is 5.95. The molecule has 0 aromatic heterocycles. The van der Waals surface area contributed by atoms with Crippen LogP contribution in [-0.2, 0) is 6.42 Å². The molecule has 0 spiro atoms. The Morgan fingerprint density at radius 3 is 2.82 bits per heavy atom. The van der Waals surface area contributed by atoms with Gasteiger partial charge in [0.05, 0.1) is 6.61 Å². The second-order valence-electron chi connectivity index (χ2n) is 4.36. The Hall–Kier alpha value is -1.96. The summed E-state index contributed by atoms with van der Waals surface area (Å²) in [5.74, 6) is 1.02. The Balaban J connectivity index is 2.07. The van der Waals surface area contributed by atoms with Crippen molar-refractivity contribution in [2.45, 2.75) is 12.8 Å². The van der Waals surface area contributed by atoms with Gasteiger partial charge in [0, 0.05) is 11.3 Å². The number of para-hydroxylation sites is 1. The molecular formula is C15H15NO. The minimum Gasteiger partial charge on any atom is -0.493 e. The van der Waals surface area contributed by atoms with Crippen molar-refractivity contribution in [1.29, 1.82) is 0 Å². The second kappa shape index (κ2) is 4.13.